The summed E-state index contributed by atoms with van der Waals surface area (Å²) in [7, 11) is 0. The van der Waals surface area contributed by atoms with Crippen molar-refractivity contribution >= 4 is 5.69 Å². The number of nitrogens with one attached hydrogen (secondary N) is 2. The fourth-order valence-electron chi connectivity index (χ4n) is 3.16. The van der Waals surface area contributed by atoms with E-state index in [-0.39, 0.29) is 0 Å². The van der Waals surface area contributed by atoms with E-state index in [0.29, 0.717) is 6.04 Å². The quantitative estimate of drug-likeness (QED) is 0.871. The third-order valence-corrected chi connectivity index (χ3v) is 4.76. The molecular weight excluding hydrogens is 246 g/mol. The van der Waals surface area contributed by atoms with E-state index < -0.39 is 0 Å². The first-order valence-corrected chi connectivity index (χ1v) is 7.60. The summed E-state index contributed by atoms with van der Waals surface area (Å²) in [5, 5.41) is 10.7. The maximum Gasteiger partial charge on any atom is 0.0650 e. The summed E-state index contributed by atoms with van der Waals surface area (Å²) in [6, 6.07) is 11.2. The summed E-state index contributed by atoms with van der Waals surface area (Å²) in [6.07, 6.45) is 5.79. The molecule has 3 rings (SSSR count). The van der Waals surface area contributed by atoms with Gasteiger partial charge in [0.25, 0.3) is 0 Å². The van der Waals surface area contributed by atoms with E-state index in [9.17, 15) is 0 Å². The van der Waals surface area contributed by atoms with Crippen LogP contribution in [0.25, 0.3) is 11.3 Å². The summed E-state index contributed by atoms with van der Waals surface area (Å²) in [5.74, 6) is 1.57. The normalized spacial score (nSPS) is 26.4. The second-order valence-electron chi connectivity index (χ2n) is 6.07. The minimum atomic E-state index is 0.608. The van der Waals surface area contributed by atoms with Gasteiger partial charge in [0.2, 0.25) is 0 Å². The predicted molar refractivity (Wildman–Crippen MR) is 83.6 cm³/mol. The number of hydrogen-bond acceptors (Lipinski definition) is 2. The van der Waals surface area contributed by atoms with Crippen LogP contribution >= 0.6 is 0 Å². The van der Waals surface area contributed by atoms with Crippen LogP contribution in [0.2, 0.25) is 0 Å². The van der Waals surface area contributed by atoms with Crippen molar-refractivity contribution in [2.24, 2.45) is 11.8 Å². The van der Waals surface area contributed by atoms with Gasteiger partial charge in [-0.2, -0.15) is 5.10 Å². The molecule has 3 atom stereocenters. The monoisotopic (exact) mass is 269 g/mol. The fourth-order valence-corrected chi connectivity index (χ4v) is 3.16. The van der Waals surface area contributed by atoms with Gasteiger partial charge in [0, 0.05) is 17.9 Å². The molecule has 1 aliphatic carbocycles. The molecule has 3 heteroatoms. The molecule has 1 aromatic heterocycles. The van der Waals surface area contributed by atoms with Gasteiger partial charge in [0.05, 0.1) is 5.69 Å². The zero-order chi connectivity index (χ0) is 13.9. The van der Waals surface area contributed by atoms with E-state index in [2.05, 4.69) is 53.6 Å². The van der Waals surface area contributed by atoms with Crippen molar-refractivity contribution in [2.45, 2.75) is 39.2 Å². The van der Waals surface area contributed by atoms with Gasteiger partial charge in [-0.1, -0.05) is 38.8 Å². The molecule has 2 N–H and O–H groups in total. The number of anilines is 1. The summed E-state index contributed by atoms with van der Waals surface area (Å²) in [5.41, 5.74) is 3.47. The Morgan fingerprint density at radius 3 is 2.60 bits per heavy atom. The van der Waals surface area contributed by atoms with Gasteiger partial charge in [-0.15, -0.1) is 0 Å². The highest BCUT2D eigenvalue weighted by Crippen LogP contribution is 2.31. The SMILES string of the molecule is CC1CCCC(Nc2ccc(-c3ccn[nH]3)cc2)C1C. The lowest BCUT2D eigenvalue weighted by atomic mass is 9.78. The number of benzene rings is 1. The van der Waals surface area contributed by atoms with E-state index in [1.165, 1.54) is 30.5 Å². The zero-order valence-electron chi connectivity index (χ0n) is 12.3. The number of hydrogen-bond donors (Lipinski definition) is 2. The Kier molecular flexibility index (Phi) is 3.77. The Bertz CT molecular complexity index is 530. The second-order valence-corrected chi connectivity index (χ2v) is 6.07. The van der Waals surface area contributed by atoms with Gasteiger partial charge in [0.15, 0.2) is 0 Å². The van der Waals surface area contributed by atoms with Gasteiger partial charge < -0.3 is 5.32 Å². The molecule has 1 fully saturated rings. The maximum atomic E-state index is 3.99. The summed E-state index contributed by atoms with van der Waals surface area (Å²) in [6.45, 7) is 4.75. The van der Waals surface area contributed by atoms with E-state index in [1.54, 1.807) is 6.20 Å². The number of aromatic amines is 1. The van der Waals surface area contributed by atoms with Crippen molar-refractivity contribution < 1.29 is 0 Å². The van der Waals surface area contributed by atoms with Crippen LogP contribution in [0.5, 0.6) is 0 Å². The van der Waals surface area contributed by atoms with Crippen LogP contribution in [0.3, 0.4) is 0 Å². The van der Waals surface area contributed by atoms with Crippen LogP contribution < -0.4 is 5.32 Å². The average Bonchev–Trinajstić information content (AvgIpc) is 2.99. The molecule has 106 valence electrons. The van der Waals surface area contributed by atoms with Crippen LogP contribution in [0, 0.1) is 11.8 Å². The van der Waals surface area contributed by atoms with E-state index >= 15 is 0 Å². The highest BCUT2D eigenvalue weighted by molar-refractivity contribution is 5.62. The third-order valence-electron chi connectivity index (χ3n) is 4.76. The Balaban J connectivity index is 1.69. The van der Waals surface area contributed by atoms with E-state index in [0.717, 1.165) is 17.5 Å². The lowest BCUT2D eigenvalue weighted by molar-refractivity contribution is 0.253. The van der Waals surface area contributed by atoms with Crippen LogP contribution in [0.1, 0.15) is 33.1 Å². The van der Waals surface area contributed by atoms with Crippen molar-refractivity contribution in [3.05, 3.63) is 36.5 Å². The second kappa shape index (κ2) is 5.70. The molecule has 1 aromatic carbocycles. The molecule has 3 nitrogen and oxygen atoms in total. The molecule has 1 heterocycles. The first kappa shape index (κ1) is 13.2. The minimum absolute atomic E-state index is 0.608. The molecular formula is C17H23N3. The van der Waals surface area contributed by atoms with Gasteiger partial charge in [-0.3, -0.25) is 5.10 Å². The summed E-state index contributed by atoms with van der Waals surface area (Å²) < 4.78 is 0. The minimum Gasteiger partial charge on any atom is -0.382 e. The average molecular weight is 269 g/mol. The molecule has 2 aromatic rings. The third kappa shape index (κ3) is 2.72. The first-order chi connectivity index (χ1) is 9.74. The van der Waals surface area contributed by atoms with Crippen molar-refractivity contribution in [2.75, 3.05) is 5.32 Å². The van der Waals surface area contributed by atoms with E-state index in [1.807, 2.05) is 6.07 Å². The number of rotatable bonds is 3. The molecule has 0 amide bonds. The van der Waals surface area contributed by atoms with Crippen molar-refractivity contribution in [3.63, 3.8) is 0 Å². The molecule has 0 radical (unpaired) electrons. The highest BCUT2D eigenvalue weighted by Gasteiger charge is 2.26. The molecule has 20 heavy (non-hydrogen) atoms. The number of aromatic nitrogens is 2. The molecule has 0 spiro atoms. The lowest BCUT2D eigenvalue weighted by Crippen LogP contribution is -2.34. The van der Waals surface area contributed by atoms with Crippen molar-refractivity contribution in [3.8, 4) is 11.3 Å². The number of nitrogens with zero attached hydrogens (tertiary/aromatic N) is 1. The van der Waals surface area contributed by atoms with Crippen molar-refractivity contribution in [1.82, 2.24) is 10.2 Å². The Labute approximate surface area is 120 Å². The summed E-state index contributed by atoms with van der Waals surface area (Å²) in [4.78, 5) is 0. The topological polar surface area (TPSA) is 40.7 Å². The van der Waals surface area contributed by atoms with Crippen molar-refractivity contribution in [1.29, 1.82) is 0 Å². The molecule has 0 bridgehead atoms. The Hall–Kier alpha value is -1.77. The fraction of sp³-hybridized carbons (Fsp3) is 0.471. The summed E-state index contributed by atoms with van der Waals surface area (Å²) >= 11 is 0. The first-order valence-electron chi connectivity index (χ1n) is 7.60. The molecule has 3 unspecified atom stereocenters. The van der Waals surface area contributed by atoms with E-state index in [4.69, 9.17) is 0 Å². The van der Waals surface area contributed by atoms with Gasteiger partial charge in [0.1, 0.15) is 0 Å². The van der Waals surface area contributed by atoms with Gasteiger partial charge in [-0.25, -0.2) is 0 Å². The predicted octanol–water partition coefficient (Wildman–Crippen LogP) is 4.31. The zero-order valence-corrected chi connectivity index (χ0v) is 12.3. The molecule has 0 saturated heterocycles. The Morgan fingerprint density at radius 1 is 1.10 bits per heavy atom. The molecule has 1 saturated carbocycles. The maximum absolute atomic E-state index is 3.99. The molecule has 0 aliphatic heterocycles. The van der Waals surface area contributed by atoms with Crippen LogP contribution in [0.15, 0.2) is 36.5 Å². The smallest absolute Gasteiger partial charge is 0.0650 e. The molecule has 1 aliphatic rings. The standard InChI is InChI=1S/C17H23N3/c1-12-4-3-5-16(13(12)2)19-15-8-6-14(7-9-15)17-10-11-18-20-17/h6-13,16,19H,3-5H2,1-2H3,(H,18,20). The van der Waals surface area contributed by atoms with Crippen LogP contribution in [-0.4, -0.2) is 16.2 Å². The van der Waals surface area contributed by atoms with Crippen LogP contribution in [0.4, 0.5) is 5.69 Å². The highest BCUT2D eigenvalue weighted by atomic mass is 15.1. The van der Waals surface area contributed by atoms with Gasteiger partial charge >= 0.3 is 0 Å². The van der Waals surface area contributed by atoms with Crippen LogP contribution in [-0.2, 0) is 0 Å². The largest absolute Gasteiger partial charge is 0.382 e. The van der Waals surface area contributed by atoms with Gasteiger partial charge in [-0.05, 0) is 42.0 Å². The Morgan fingerprint density at radius 2 is 1.90 bits per heavy atom. The lowest BCUT2D eigenvalue weighted by Gasteiger charge is -2.35. The number of H-pyrrole nitrogens is 1.